The highest BCUT2D eigenvalue weighted by Crippen LogP contribution is 2.02. The standard InChI is InChI=1S/C14H22N2O.2ClH/c1-13-2-4-14(5-3-13)12-15-6-7-16-8-10-17-11-9-16;;/h2-5,15H,6-12H2,1H3;2*1H. The number of rotatable bonds is 5. The van der Waals surface area contributed by atoms with E-state index in [9.17, 15) is 0 Å². The van der Waals surface area contributed by atoms with Gasteiger partial charge in [0.1, 0.15) is 0 Å². The number of hydrogen-bond donors (Lipinski definition) is 1. The molecule has 1 saturated heterocycles. The van der Waals surface area contributed by atoms with Crippen molar-refractivity contribution in [2.75, 3.05) is 39.4 Å². The molecule has 1 N–H and O–H groups in total. The monoisotopic (exact) mass is 306 g/mol. The zero-order chi connectivity index (χ0) is 11.9. The van der Waals surface area contributed by atoms with Crippen LogP contribution in [0.2, 0.25) is 0 Å². The van der Waals surface area contributed by atoms with Gasteiger partial charge in [-0.1, -0.05) is 29.8 Å². The van der Waals surface area contributed by atoms with Crippen molar-refractivity contribution >= 4 is 24.8 Å². The first-order valence-electron chi connectivity index (χ1n) is 6.41. The number of halogens is 2. The molecule has 1 heterocycles. The first-order chi connectivity index (χ1) is 8.34. The molecule has 1 aliphatic rings. The molecule has 0 radical (unpaired) electrons. The van der Waals surface area contributed by atoms with Gasteiger partial charge in [-0.3, -0.25) is 4.90 Å². The van der Waals surface area contributed by atoms with Gasteiger partial charge >= 0.3 is 0 Å². The van der Waals surface area contributed by atoms with Crippen LogP contribution in [0.3, 0.4) is 0 Å². The van der Waals surface area contributed by atoms with Gasteiger partial charge in [0.05, 0.1) is 13.2 Å². The summed E-state index contributed by atoms with van der Waals surface area (Å²) in [6, 6.07) is 8.71. The van der Waals surface area contributed by atoms with Crippen LogP contribution in [0.5, 0.6) is 0 Å². The van der Waals surface area contributed by atoms with E-state index in [-0.39, 0.29) is 24.8 Å². The molecule has 0 bridgehead atoms. The van der Waals surface area contributed by atoms with E-state index in [1.165, 1.54) is 11.1 Å². The molecular formula is C14H24Cl2N2O. The third kappa shape index (κ3) is 7.14. The SMILES string of the molecule is Cc1ccc(CNCCN2CCOCC2)cc1.Cl.Cl. The van der Waals surface area contributed by atoms with E-state index in [4.69, 9.17) is 4.74 Å². The second-order valence-electron chi connectivity index (χ2n) is 4.62. The van der Waals surface area contributed by atoms with Crippen LogP contribution in [-0.2, 0) is 11.3 Å². The Morgan fingerprint density at radius 3 is 2.37 bits per heavy atom. The van der Waals surface area contributed by atoms with Crippen LogP contribution in [-0.4, -0.2) is 44.3 Å². The third-order valence-corrected chi connectivity index (χ3v) is 3.16. The van der Waals surface area contributed by atoms with Crippen molar-refractivity contribution < 1.29 is 4.74 Å². The first-order valence-corrected chi connectivity index (χ1v) is 6.41. The van der Waals surface area contributed by atoms with E-state index in [1.54, 1.807) is 0 Å². The highest BCUT2D eigenvalue weighted by Gasteiger charge is 2.08. The van der Waals surface area contributed by atoms with E-state index in [0.717, 1.165) is 45.9 Å². The van der Waals surface area contributed by atoms with Gasteiger partial charge in [0.15, 0.2) is 0 Å². The number of nitrogens with zero attached hydrogens (tertiary/aromatic N) is 1. The first kappa shape index (κ1) is 18.7. The van der Waals surface area contributed by atoms with Crippen LogP contribution in [0.4, 0.5) is 0 Å². The molecule has 0 aliphatic carbocycles. The number of morpholine rings is 1. The van der Waals surface area contributed by atoms with Gasteiger partial charge in [-0.25, -0.2) is 0 Å². The van der Waals surface area contributed by atoms with Gasteiger partial charge in [0.25, 0.3) is 0 Å². The highest BCUT2D eigenvalue weighted by atomic mass is 35.5. The molecule has 1 aromatic rings. The molecule has 2 rings (SSSR count). The maximum Gasteiger partial charge on any atom is 0.0594 e. The zero-order valence-electron chi connectivity index (χ0n) is 11.4. The van der Waals surface area contributed by atoms with E-state index >= 15 is 0 Å². The maximum absolute atomic E-state index is 5.32. The van der Waals surface area contributed by atoms with Gasteiger partial charge in [-0.15, -0.1) is 24.8 Å². The van der Waals surface area contributed by atoms with Crippen molar-refractivity contribution in [3.05, 3.63) is 35.4 Å². The largest absolute Gasteiger partial charge is 0.379 e. The molecule has 5 heteroatoms. The Bertz CT molecular complexity index is 327. The van der Waals surface area contributed by atoms with Crippen molar-refractivity contribution in [3.63, 3.8) is 0 Å². The Labute approximate surface area is 128 Å². The summed E-state index contributed by atoms with van der Waals surface area (Å²) in [6.45, 7) is 9.18. The topological polar surface area (TPSA) is 24.5 Å². The quantitative estimate of drug-likeness (QED) is 0.845. The Balaban J connectivity index is 0.00000162. The van der Waals surface area contributed by atoms with Gasteiger partial charge in [0.2, 0.25) is 0 Å². The Morgan fingerprint density at radius 1 is 1.11 bits per heavy atom. The number of benzene rings is 1. The molecule has 0 unspecified atom stereocenters. The van der Waals surface area contributed by atoms with E-state index in [2.05, 4.69) is 41.4 Å². The summed E-state index contributed by atoms with van der Waals surface area (Å²) in [5.41, 5.74) is 2.68. The molecule has 110 valence electrons. The lowest BCUT2D eigenvalue weighted by Crippen LogP contribution is -2.40. The van der Waals surface area contributed by atoms with Gasteiger partial charge in [-0.2, -0.15) is 0 Å². The van der Waals surface area contributed by atoms with E-state index in [1.807, 2.05) is 0 Å². The highest BCUT2D eigenvalue weighted by molar-refractivity contribution is 5.85. The Kier molecular flexibility index (Phi) is 10.3. The fourth-order valence-electron chi connectivity index (χ4n) is 2.00. The summed E-state index contributed by atoms with van der Waals surface area (Å²) >= 11 is 0. The molecule has 1 aliphatic heterocycles. The molecule has 19 heavy (non-hydrogen) atoms. The van der Waals surface area contributed by atoms with Crippen molar-refractivity contribution in [3.8, 4) is 0 Å². The summed E-state index contributed by atoms with van der Waals surface area (Å²) in [7, 11) is 0. The van der Waals surface area contributed by atoms with Gasteiger partial charge < -0.3 is 10.1 Å². The summed E-state index contributed by atoms with van der Waals surface area (Å²) in [6.07, 6.45) is 0. The normalized spacial score (nSPS) is 15.4. The van der Waals surface area contributed by atoms with Crippen LogP contribution in [0.25, 0.3) is 0 Å². The minimum absolute atomic E-state index is 0. The number of nitrogens with one attached hydrogen (secondary N) is 1. The molecule has 0 spiro atoms. The Morgan fingerprint density at radius 2 is 1.74 bits per heavy atom. The van der Waals surface area contributed by atoms with Crippen molar-refractivity contribution in [1.29, 1.82) is 0 Å². The van der Waals surface area contributed by atoms with Crippen molar-refractivity contribution in [2.24, 2.45) is 0 Å². The number of hydrogen-bond acceptors (Lipinski definition) is 3. The second-order valence-corrected chi connectivity index (χ2v) is 4.62. The lowest BCUT2D eigenvalue weighted by Gasteiger charge is -2.26. The predicted molar refractivity (Wildman–Crippen MR) is 84.6 cm³/mol. The molecule has 0 amide bonds. The van der Waals surface area contributed by atoms with Crippen LogP contribution < -0.4 is 5.32 Å². The fraction of sp³-hybridized carbons (Fsp3) is 0.571. The van der Waals surface area contributed by atoms with E-state index in [0.29, 0.717) is 0 Å². The van der Waals surface area contributed by atoms with Crippen LogP contribution >= 0.6 is 24.8 Å². The molecular weight excluding hydrogens is 283 g/mol. The van der Waals surface area contributed by atoms with Gasteiger partial charge in [0, 0.05) is 32.7 Å². The fourth-order valence-corrected chi connectivity index (χ4v) is 2.00. The zero-order valence-corrected chi connectivity index (χ0v) is 13.1. The second kappa shape index (κ2) is 10.5. The lowest BCUT2D eigenvalue weighted by molar-refractivity contribution is 0.0384. The molecule has 1 aromatic carbocycles. The van der Waals surface area contributed by atoms with Gasteiger partial charge in [-0.05, 0) is 12.5 Å². The smallest absolute Gasteiger partial charge is 0.0594 e. The van der Waals surface area contributed by atoms with Crippen LogP contribution in [0.15, 0.2) is 24.3 Å². The van der Waals surface area contributed by atoms with Crippen LogP contribution in [0.1, 0.15) is 11.1 Å². The third-order valence-electron chi connectivity index (χ3n) is 3.16. The summed E-state index contributed by atoms with van der Waals surface area (Å²) < 4.78 is 5.32. The molecule has 3 nitrogen and oxygen atoms in total. The van der Waals surface area contributed by atoms with E-state index < -0.39 is 0 Å². The number of ether oxygens (including phenoxy) is 1. The Hall–Kier alpha value is -0.320. The summed E-state index contributed by atoms with van der Waals surface area (Å²) in [4.78, 5) is 2.45. The molecule has 0 atom stereocenters. The maximum atomic E-state index is 5.32. The predicted octanol–water partition coefficient (Wildman–Crippen LogP) is 2.26. The molecule has 0 saturated carbocycles. The minimum atomic E-state index is 0. The average Bonchev–Trinajstić information content (AvgIpc) is 2.38. The lowest BCUT2D eigenvalue weighted by atomic mass is 10.1. The van der Waals surface area contributed by atoms with Crippen molar-refractivity contribution in [2.45, 2.75) is 13.5 Å². The average molecular weight is 307 g/mol. The summed E-state index contributed by atoms with van der Waals surface area (Å²) in [5, 5.41) is 3.49. The summed E-state index contributed by atoms with van der Waals surface area (Å²) in [5.74, 6) is 0. The minimum Gasteiger partial charge on any atom is -0.379 e. The molecule has 1 fully saturated rings. The number of aryl methyl sites for hydroxylation is 1. The van der Waals surface area contributed by atoms with Crippen LogP contribution in [0, 0.1) is 6.92 Å². The molecule has 0 aromatic heterocycles. The van der Waals surface area contributed by atoms with Crippen molar-refractivity contribution in [1.82, 2.24) is 10.2 Å².